The largest absolute Gasteiger partial charge is 0.405 e. The highest BCUT2D eigenvalue weighted by atomic mass is 19.4. The number of alkyl halides is 3. The Morgan fingerprint density at radius 2 is 1.67 bits per heavy atom. The summed E-state index contributed by atoms with van der Waals surface area (Å²) in [5, 5.41) is 0. The van der Waals surface area contributed by atoms with Crippen LogP contribution in [0.25, 0.3) is 0 Å². The molecule has 0 amide bonds. The zero-order valence-corrected chi connectivity index (χ0v) is 7.40. The van der Waals surface area contributed by atoms with Crippen LogP contribution in [-0.4, -0.2) is 24.4 Å². The minimum Gasteiger partial charge on any atom is -0.374 e. The van der Waals surface area contributed by atoms with Gasteiger partial charge in [-0.05, 0) is 20.8 Å². The first-order chi connectivity index (χ1) is 5.13. The van der Waals surface area contributed by atoms with Gasteiger partial charge in [0.15, 0.2) is 0 Å². The van der Waals surface area contributed by atoms with Crippen molar-refractivity contribution in [2.24, 2.45) is 5.73 Å². The van der Waals surface area contributed by atoms with E-state index >= 15 is 0 Å². The van der Waals surface area contributed by atoms with Crippen LogP contribution in [0.2, 0.25) is 0 Å². The zero-order chi connectivity index (χ0) is 9.99. The van der Waals surface area contributed by atoms with E-state index in [2.05, 4.69) is 0 Å². The minimum absolute atomic E-state index is 0.493. The van der Waals surface area contributed by atoms with Crippen molar-refractivity contribution in [3.63, 3.8) is 0 Å². The predicted octanol–water partition coefficient (Wildman–Crippen LogP) is 1.69. The smallest absolute Gasteiger partial charge is 0.374 e. The molecule has 2 nitrogen and oxygen atoms in total. The molecule has 0 fully saturated rings. The fourth-order valence-corrected chi connectivity index (χ4v) is 0.434. The Hall–Kier alpha value is -0.290. The highest BCUT2D eigenvalue weighted by molar-refractivity contribution is 4.71. The fraction of sp³-hybridized carbons (Fsp3) is 1.00. The van der Waals surface area contributed by atoms with E-state index in [1.54, 1.807) is 20.8 Å². The highest BCUT2D eigenvalue weighted by Gasteiger charge is 2.37. The van der Waals surface area contributed by atoms with Crippen molar-refractivity contribution < 1.29 is 17.9 Å². The van der Waals surface area contributed by atoms with Gasteiger partial charge in [0.1, 0.15) is 6.04 Å². The lowest BCUT2D eigenvalue weighted by atomic mass is 10.2. The van der Waals surface area contributed by atoms with Crippen molar-refractivity contribution in [3.8, 4) is 0 Å². The lowest BCUT2D eigenvalue weighted by Gasteiger charge is -2.23. The van der Waals surface area contributed by atoms with Crippen molar-refractivity contribution in [2.75, 3.05) is 6.61 Å². The summed E-state index contributed by atoms with van der Waals surface area (Å²) in [7, 11) is 0. The predicted molar refractivity (Wildman–Crippen MR) is 39.7 cm³/mol. The number of hydrogen-bond donors (Lipinski definition) is 1. The minimum atomic E-state index is -4.37. The van der Waals surface area contributed by atoms with E-state index in [-0.39, 0.29) is 0 Å². The molecule has 0 aromatic rings. The Bertz CT molecular complexity index is 139. The summed E-state index contributed by atoms with van der Waals surface area (Å²) in [6.07, 6.45) is -4.37. The van der Waals surface area contributed by atoms with E-state index in [1.165, 1.54) is 0 Å². The Morgan fingerprint density at radius 3 is 1.92 bits per heavy atom. The third kappa shape index (κ3) is 5.37. The second-order valence-electron chi connectivity index (χ2n) is 3.57. The normalized spacial score (nSPS) is 16.2. The molecule has 0 aliphatic rings. The van der Waals surface area contributed by atoms with E-state index in [4.69, 9.17) is 10.5 Å². The molecule has 0 saturated carbocycles. The summed E-state index contributed by atoms with van der Waals surface area (Å²) < 4.78 is 40.3. The molecule has 1 unspecified atom stereocenters. The third-order valence-electron chi connectivity index (χ3n) is 1.12. The summed E-state index contributed by atoms with van der Waals surface area (Å²) in [6, 6.07) is -1.89. The molecule has 0 aliphatic carbocycles. The van der Waals surface area contributed by atoms with Gasteiger partial charge in [0.05, 0.1) is 12.2 Å². The molecular weight excluding hydrogens is 171 g/mol. The van der Waals surface area contributed by atoms with Crippen LogP contribution >= 0.6 is 0 Å². The summed E-state index contributed by atoms with van der Waals surface area (Å²) in [5.74, 6) is 0. The molecule has 0 spiro atoms. The summed E-state index contributed by atoms with van der Waals surface area (Å²) in [4.78, 5) is 0. The molecule has 0 aromatic heterocycles. The fourth-order valence-electron chi connectivity index (χ4n) is 0.434. The summed E-state index contributed by atoms with van der Waals surface area (Å²) in [5.41, 5.74) is 4.23. The van der Waals surface area contributed by atoms with Crippen LogP contribution in [0.15, 0.2) is 0 Å². The van der Waals surface area contributed by atoms with Gasteiger partial charge in [-0.1, -0.05) is 0 Å². The Labute approximate surface area is 69.9 Å². The molecule has 0 radical (unpaired) electrons. The zero-order valence-electron chi connectivity index (χ0n) is 7.40. The molecule has 5 heteroatoms. The number of nitrogens with two attached hydrogens (primary N) is 1. The van der Waals surface area contributed by atoms with Crippen LogP contribution < -0.4 is 5.73 Å². The number of rotatable bonds is 2. The van der Waals surface area contributed by atoms with Crippen LogP contribution in [0.4, 0.5) is 13.2 Å². The lowest BCUT2D eigenvalue weighted by Crippen LogP contribution is -2.43. The standard InChI is InChI=1S/C7H14F3NO/c1-6(2,3)12-4-5(11)7(8,9)10/h5H,4,11H2,1-3H3. The maximum atomic E-state index is 11.8. The number of ether oxygens (including phenoxy) is 1. The SMILES string of the molecule is CC(C)(C)OCC(N)C(F)(F)F. The lowest BCUT2D eigenvalue weighted by molar-refractivity contribution is -0.167. The van der Waals surface area contributed by atoms with E-state index in [0.717, 1.165) is 0 Å². The summed E-state index contributed by atoms with van der Waals surface area (Å²) in [6.45, 7) is 4.54. The van der Waals surface area contributed by atoms with Crippen LogP contribution in [0.3, 0.4) is 0 Å². The van der Waals surface area contributed by atoms with Crippen molar-refractivity contribution in [1.29, 1.82) is 0 Å². The van der Waals surface area contributed by atoms with Gasteiger partial charge in [0.2, 0.25) is 0 Å². The second-order valence-corrected chi connectivity index (χ2v) is 3.57. The molecular formula is C7H14F3NO. The van der Waals surface area contributed by atoms with E-state index in [9.17, 15) is 13.2 Å². The van der Waals surface area contributed by atoms with Gasteiger partial charge in [-0.15, -0.1) is 0 Å². The highest BCUT2D eigenvalue weighted by Crippen LogP contribution is 2.20. The first kappa shape index (κ1) is 11.7. The van der Waals surface area contributed by atoms with Gasteiger partial charge >= 0.3 is 6.18 Å². The van der Waals surface area contributed by atoms with Crippen LogP contribution in [-0.2, 0) is 4.74 Å². The Balaban J connectivity index is 3.80. The Kier molecular flexibility index (Phi) is 3.53. The Morgan fingerprint density at radius 1 is 1.25 bits per heavy atom. The molecule has 0 rings (SSSR count). The van der Waals surface area contributed by atoms with Crippen molar-refractivity contribution in [2.45, 2.75) is 38.6 Å². The molecule has 12 heavy (non-hydrogen) atoms. The molecule has 0 heterocycles. The van der Waals surface area contributed by atoms with Gasteiger partial charge < -0.3 is 10.5 Å². The van der Waals surface area contributed by atoms with Gasteiger partial charge in [0.25, 0.3) is 0 Å². The van der Waals surface area contributed by atoms with E-state index in [1.807, 2.05) is 0 Å². The van der Waals surface area contributed by atoms with Gasteiger partial charge in [-0.25, -0.2) is 0 Å². The van der Waals surface area contributed by atoms with Crippen LogP contribution in [0.1, 0.15) is 20.8 Å². The van der Waals surface area contributed by atoms with Gasteiger partial charge in [0, 0.05) is 0 Å². The topological polar surface area (TPSA) is 35.2 Å². The molecule has 74 valence electrons. The van der Waals surface area contributed by atoms with Gasteiger partial charge in [-0.3, -0.25) is 0 Å². The van der Waals surface area contributed by atoms with Crippen LogP contribution in [0.5, 0.6) is 0 Å². The second kappa shape index (κ2) is 3.62. The summed E-state index contributed by atoms with van der Waals surface area (Å²) >= 11 is 0. The number of halogens is 3. The van der Waals surface area contributed by atoms with Crippen molar-refractivity contribution in [3.05, 3.63) is 0 Å². The van der Waals surface area contributed by atoms with Gasteiger partial charge in [-0.2, -0.15) is 13.2 Å². The molecule has 0 aromatic carbocycles. The maximum Gasteiger partial charge on any atom is 0.405 e. The van der Waals surface area contributed by atoms with Crippen molar-refractivity contribution >= 4 is 0 Å². The number of hydrogen-bond acceptors (Lipinski definition) is 2. The molecule has 2 N–H and O–H groups in total. The van der Waals surface area contributed by atoms with E-state index in [0.29, 0.717) is 0 Å². The average molecular weight is 185 g/mol. The van der Waals surface area contributed by atoms with Crippen LogP contribution in [0, 0.1) is 0 Å². The molecule has 0 aliphatic heterocycles. The monoisotopic (exact) mass is 185 g/mol. The quantitative estimate of drug-likeness (QED) is 0.710. The average Bonchev–Trinajstić information content (AvgIpc) is 1.78. The molecule has 1 atom stereocenters. The molecule has 0 bridgehead atoms. The van der Waals surface area contributed by atoms with E-state index < -0.39 is 24.4 Å². The molecule has 0 saturated heterocycles. The van der Waals surface area contributed by atoms with Crippen molar-refractivity contribution in [1.82, 2.24) is 0 Å². The maximum absolute atomic E-state index is 11.8. The first-order valence-electron chi connectivity index (χ1n) is 3.59. The third-order valence-corrected chi connectivity index (χ3v) is 1.12. The first-order valence-corrected chi connectivity index (χ1v) is 3.59.